The number of aromatic nitrogens is 6. The van der Waals surface area contributed by atoms with Crippen molar-refractivity contribution in [1.29, 1.82) is 0 Å². The second-order valence-corrected chi connectivity index (χ2v) is 31.6. The van der Waals surface area contributed by atoms with Gasteiger partial charge in [0, 0.05) is 110 Å². The number of rotatable bonds is 5. The zero-order valence-electron chi connectivity index (χ0n) is 60.1. The highest BCUT2D eigenvalue weighted by atomic mass is 32.2. The molecule has 4 aliphatic heterocycles. The topological polar surface area (TPSA) is 54.7 Å². The largest absolute Gasteiger partial charge is 0.454 e. The van der Waals surface area contributed by atoms with E-state index >= 15 is 0 Å². The molecule has 26 rings (SSSR count). The molecule has 0 fully saturated rings. The van der Waals surface area contributed by atoms with Crippen LogP contribution in [-0.4, -0.2) is 28.2 Å². The average Bonchev–Trinajstić information content (AvgIpc) is 1.35. The summed E-state index contributed by atoms with van der Waals surface area (Å²) in [7, 11) is 0. The third kappa shape index (κ3) is 7.75. The molecule has 0 N–H and O–H groups in total. The minimum Gasteiger partial charge on any atom is -0.454 e. The highest BCUT2D eigenvalue weighted by Gasteiger charge is 2.53. The van der Waals surface area contributed by atoms with Gasteiger partial charge in [0.2, 0.25) is 0 Å². The first-order valence-corrected chi connectivity index (χ1v) is 39.3. The number of hydrogen-bond acceptors (Lipinski definition) is 4. The van der Waals surface area contributed by atoms with Crippen LogP contribution in [0.2, 0.25) is 0 Å². The molecule has 4 aliphatic rings. The van der Waals surface area contributed by atoms with Gasteiger partial charge in [-0.25, -0.2) is 0 Å². The molecule has 518 valence electrons. The minimum atomic E-state index is -0.723. The first kappa shape index (κ1) is 60.7. The molecular formula is C104H60N6OS. The summed E-state index contributed by atoms with van der Waals surface area (Å²) in [5, 5.41) is 11.9. The van der Waals surface area contributed by atoms with Gasteiger partial charge >= 0.3 is 0 Å². The van der Waals surface area contributed by atoms with E-state index < -0.39 is 10.8 Å². The third-order valence-electron chi connectivity index (χ3n) is 25.3. The van der Waals surface area contributed by atoms with Crippen molar-refractivity contribution in [3.8, 4) is 67.6 Å². The van der Waals surface area contributed by atoms with Gasteiger partial charge in [0.15, 0.2) is 5.75 Å². The first-order valence-electron chi connectivity index (χ1n) is 38.5. The summed E-state index contributed by atoms with van der Waals surface area (Å²) >= 11 is 1.90. The summed E-state index contributed by atoms with van der Waals surface area (Å²) in [5.74, 6) is 1.71. The number of nitrogens with zero attached hydrogens (tertiary/aromatic N) is 6. The lowest BCUT2D eigenvalue weighted by Crippen LogP contribution is -2.37. The lowest BCUT2D eigenvalue weighted by Gasteiger charge is -2.45. The molecule has 2 unspecified atom stereocenters. The third-order valence-corrected chi connectivity index (χ3v) is 26.5. The smallest absolute Gasteiger partial charge is 0.156 e. The maximum Gasteiger partial charge on any atom is 0.156 e. The molecule has 7 nitrogen and oxygen atoms in total. The van der Waals surface area contributed by atoms with E-state index in [0.717, 1.165) is 111 Å². The van der Waals surface area contributed by atoms with E-state index in [4.69, 9.17) is 14.7 Å². The quantitative estimate of drug-likeness (QED) is 0.172. The van der Waals surface area contributed by atoms with Crippen LogP contribution in [0.1, 0.15) is 44.5 Å². The number of pyridine rings is 2. The maximum absolute atomic E-state index is 7.51. The Morgan fingerprint density at radius 1 is 0.259 bits per heavy atom. The molecule has 2 spiro atoms. The van der Waals surface area contributed by atoms with Gasteiger partial charge < -0.3 is 23.0 Å². The molecule has 10 heterocycles. The van der Waals surface area contributed by atoms with Crippen molar-refractivity contribution in [2.75, 3.05) is 0 Å². The summed E-state index contributed by atoms with van der Waals surface area (Å²) < 4.78 is 17.5. The van der Waals surface area contributed by atoms with Gasteiger partial charge in [-0.05, 0) is 171 Å². The lowest BCUT2D eigenvalue weighted by atomic mass is 9.61. The van der Waals surface area contributed by atoms with Gasteiger partial charge in [0.05, 0.1) is 77.4 Å². The van der Waals surface area contributed by atoms with Gasteiger partial charge in [0.25, 0.3) is 0 Å². The fourth-order valence-electron chi connectivity index (χ4n) is 20.9. The molecule has 0 saturated heterocycles. The molecule has 0 aliphatic carbocycles. The van der Waals surface area contributed by atoms with Gasteiger partial charge in [-0.2, -0.15) is 0 Å². The van der Waals surface area contributed by atoms with E-state index in [2.05, 4.69) is 364 Å². The highest BCUT2D eigenvalue weighted by Crippen LogP contribution is 2.64. The van der Waals surface area contributed by atoms with Crippen LogP contribution in [0, 0.1) is 0 Å². The number of benzene rings is 16. The Labute approximate surface area is 646 Å². The monoisotopic (exact) mass is 1440 g/mol. The van der Waals surface area contributed by atoms with Crippen LogP contribution >= 0.6 is 11.8 Å². The zero-order valence-corrected chi connectivity index (χ0v) is 61.0. The van der Waals surface area contributed by atoms with Crippen LogP contribution in [0.3, 0.4) is 0 Å². The van der Waals surface area contributed by atoms with Crippen LogP contribution in [0.5, 0.6) is 11.5 Å². The molecule has 8 heteroatoms. The van der Waals surface area contributed by atoms with Crippen molar-refractivity contribution in [1.82, 2.24) is 28.2 Å². The Morgan fingerprint density at radius 2 is 0.759 bits per heavy atom. The zero-order chi connectivity index (χ0) is 72.8. The molecule has 6 aromatic heterocycles. The van der Waals surface area contributed by atoms with E-state index in [1.165, 1.54) is 120 Å². The van der Waals surface area contributed by atoms with Crippen molar-refractivity contribution in [2.45, 2.75) is 20.6 Å². The van der Waals surface area contributed by atoms with E-state index in [0.29, 0.717) is 0 Å². The highest BCUT2D eigenvalue weighted by molar-refractivity contribution is 7.99. The standard InChI is InChI=1S/C104H60N6OS/c1-9-36-88-71(24-1)75-51-52-85-102(111-94-40-13-6-31-81(94)103(85)79-29-4-11-38-91(79)109-89-37-10-2-23-70(89)73-27-16-33-83(103)99(73)109)101(75)108(88)68-49-44-62(45-50-68)76-58-66(56-65-22-19-55-106-98(65)76)64-46-53-90-77(57-64)74-28-17-34-84-100(74)110(90)92-39-12-5-30-80(92)104(84)82-32-7-14-41-95(82)112-96-60-93-78(59-86(96)104)72-25-3-8-35-87(72)107(93)67-47-42-61(43-48-67)69-26-15-20-63-21-18-54-105-97(63)69/h1-60H. The number of hydrogen-bond donors (Lipinski definition) is 0. The van der Waals surface area contributed by atoms with Gasteiger partial charge in [-0.1, -0.05) is 248 Å². The molecular weight excluding hydrogens is 1380 g/mol. The van der Waals surface area contributed by atoms with Crippen LogP contribution in [-0.2, 0) is 10.8 Å². The Bertz CT molecular complexity index is 7970. The predicted octanol–water partition coefficient (Wildman–Crippen LogP) is 26.1. The fourth-order valence-corrected chi connectivity index (χ4v) is 22.1. The van der Waals surface area contributed by atoms with Crippen molar-refractivity contribution >= 4 is 121 Å². The number of fused-ring (bicyclic) bond motifs is 31. The van der Waals surface area contributed by atoms with Crippen molar-refractivity contribution in [3.05, 3.63) is 409 Å². The second-order valence-electron chi connectivity index (χ2n) is 30.5. The average molecular weight is 1440 g/mol. The van der Waals surface area contributed by atoms with E-state index in [1.54, 1.807) is 0 Å². The van der Waals surface area contributed by atoms with Crippen LogP contribution in [0.4, 0.5) is 0 Å². The Kier molecular flexibility index (Phi) is 12.0. The van der Waals surface area contributed by atoms with E-state index in [9.17, 15) is 0 Å². The predicted molar refractivity (Wildman–Crippen MR) is 459 cm³/mol. The van der Waals surface area contributed by atoms with Crippen molar-refractivity contribution < 1.29 is 4.74 Å². The molecule has 0 saturated carbocycles. The van der Waals surface area contributed by atoms with Crippen LogP contribution < -0.4 is 4.74 Å². The maximum atomic E-state index is 7.51. The molecule has 0 bridgehead atoms. The minimum absolute atomic E-state index is 0.673. The van der Waals surface area contributed by atoms with E-state index in [-0.39, 0.29) is 0 Å². The number of ether oxygens (including phenoxy) is 1. The Hall–Kier alpha value is -14.3. The summed E-state index contributed by atoms with van der Waals surface area (Å²) in [6, 6.07) is 132. The van der Waals surface area contributed by atoms with Crippen molar-refractivity contribution in [3.63, 3.8) is 0 Å². The summed E-state index contributed by atoms with van der Waals surface area (Å²) in [5.41, 5.74) is 30.9. The molecule has 0 radical (unpaired) electrons. The first-order chi connectivity index (χ1) is 55.6. The van der Waals surface area contributed by atoms with Crippen LogP contribution in [0.15, 0.2) is 374 Å². The summed E-state index contributed by atoms with van der Waals surface area (Å²) in [6.45, 7) is 0. The molecule has 22 aromatic rings. The molecule has 0 amide bonds. The van der Waals surface area contributed by atoms with Crippen LogP contribution in [0.25, 0.3) is 165 Å². The summed E-state index contributed by atoms with van der Waals surface area (Å²) in [4.78, 5) is 12.5. The van der Waals surface area contributed by atoms with E-state index in [1.807, 2.05) is 30.2 Å². The van der Waals surface area contributed by atoms with Crippen molar-refractivity contribution in [2.24, 2.45) is 0 Å². The molecule has 16 aromatic carbocycles. The second kappa shape index (κ2) is 22.2. The van der Waals surface area contributed by atoms with Gasteiger partial charge in [-0.3, -0.25) is 9.97 Å². The molecule has 2 atom stereocenters. The Morgan fingerprint density at radius 3 is 1.47 bits per heavy atom. The molecule has 112 heavy (non-hydrogen) atoms. The van der Waals surface area contributed by atoms with Gasteiger partial charge in [-0.15, -0.1) is 0 Å². The summed E-state index contributed by atoms with van der Waals surface area (Å²) in [6.07, 6.45) is 3.81. The van der Waals surface area contributed by atoms with Gasteiger partial charge in [0.1, 0.15) is 5.75 Å². The number of para-hydroxylation sites is 9. The lowest BCUT2D eigenvalue weighted by molar-refractivity contribution is 0.438. The Balaban J connectivity index is 0.623. The SMILES string of the molecule is c1ccc2c(c1)Oc1c(ccc3c4ccccc4n(-c4ccc(-c5cc(-c6ccc7c(c6)c6cccc8c6n7-c6ccccc6C86c7ccccc7Sc7cc8c(cc76)c6ccccc6n8-c6ccc(-c7cccc8cccnc78)cc6)cc6cccnc56)cc4)c13)C21c2ccccc2-n2c3ccccc3c3cccc1c32. The fraction of sp³-hybridized carbons (Fsp3) is 0.0192. The normalized spacial score (nSPS) is 15.6.